The molecule has 2 N–H and O–H groups in total. The molecule has 1 aliphatic rings. The normalized spacial score (nSPS) is 17.1. The van der Waals surface area contributed by atoms with Crippen molar-refractivity contribution < 1.29 is 29.3 Å². The Morgan fingerprint density at radius 3 is 2.26 bits per heavy atom. The minimum atomic E-state index is -1.11. The van der Waals surface area contributed by atoms with Crippen LogP contribution in [0.1, 0.15) is 17.2 Å². The van der Waals surface area contributed by atoms with Gasteiger partial charge in [0.05, 0.1) is 36.4 Å². The quantitative estimate of drug-likeness (QED) is 0.237. The minimum absolute atomic E-state index is 0.00553. The van der Waals surface area contributed by atoms with Crippen molar-refractivity contribution in [3.63, 3.8) is 0 Å². The van der Waals surface area contributed by atoms with Crippen LogP contribution in [-0.4, -0.2) is 36.1 Å². The standard InChI is InChI=1S/C25H18Cl3NO6/c1-34-23-16(11-17(27)24(35-2)19(23)28)21(31)18-20(12-5-3-8-15(30)9-12)29(25(33)22(18)32)14-7-4-6-13(26)10-14/h3-11,20,30-31H,1-2H3/b21-18+. The first-order valence-electron chi connectivity index (χ1n) is 10.2. The zero-order valence-corrected chi connectivity index (χ0v) is 20.6. The highest BCUT2D eigenvalue weighted by atomic mass is 35.5. The predicted octanol–water partition coefficient (Wildman–Crippen LogP) is 6.00. The van der Waals surface area contributed by atoms with Gasteiger partial charge in [-0.25, -0.2) is 0 Å². The third-order valence-electron chi connectivity index (χ3n) is 5.51. The van der Waals surface area contributed by atoms with Gasteiger partial charge in [-0.3, -0.25) is 14.5 Å². The highest BCUT2D eigenvalue weighted by molar-refractivity contribution is 6.52. The number of phenolic OH excluding ortho intramolecular Hbond substituents is 1. The molecule has 3 aromatic rings. The number of benzene rings is 3. The Bertz CT molecular complexity index is 1390. The number of hydrogen-bond acceptors (Lipinski definition) is 6. The molecule has 3 aromatic carbocycles. The lowest BCUT2D eigenvalue weighted by Crippen LogP contribution is -2.29. The van der Waals surface area contributed by atoms with E-state index in [1.807, 2.05) is 0 Å². The smallest absolute Gasteiger partial charge is 0.300 e. The van der Waals surface area contributed by atoms with E-state index in [9.17, 15) is 19.8 Å². The SMILES string of the molecule is COc1c(Cl)cc(/C(O)=C2\C(=O)C(=O)N(c3cccc(Cl)c3)C2c2cccc(O)c2)c(OC)c1Cl. The molecule has 0 aromatic heterocycles. The summed E-state index contributed by atoms with van der Waals surface area (Å²) < 4.78 is 10.6. The molecular formula is C25H18Cl3NO6. The molecule has 0 aliphatic carbocycles. The van der Waals surface area contributed by atoms with Gasteiger partial charge in [0.1, 0.15) is 16.5 Å². The zero-order chi connectivity index (χ0) is 25.4. The number of aliphatic hydroxyl groups excluding tert-OH is 1. The van der Waals surface area contributed by atoms with Crippen LogP contribution in [0.4, 0.5) is 5.69 Å². The summed E-state index contributed by atoms with van der Waals surface area (Å²) >= 11 is 18.8. The monoisotopic (exact) mass is 533 g/mol. The summed E-state index contributed by atoms with van der Waals surface area (Å²) in [4.78, 5) is 27.8. The molecule has 0 saturated carbocycles. The van der Waals surface area contributed by atoms with Crippen LogP contribution in [-0.2, 0) is 9.59 Å². The maximum atomic E-state index is 13.3. The summed E-state index contributed by atoms with van der Waals surface area (Å²) in [5, 5.41) is 21.9. The lowest BCUT2D eigenvalue weighted by atomic mass is 9.94. The van der Waals surface area contributed by atoms with E-state index in [1.54, 1.807) is 30.3 Å². The van der Waals surface area contributed by atoms with Crippen molar-refractivity contribution in [3.05, 3.63) is 86.4 Å². The van der Waals surface area contributed by atoms with Crippen LogP contribution in [0.5, 0.6) is 17.2 Å². The molecule has 180 valence electrons. The second-order valence-corrected chi connectivity index (χ2v) is 8.75. The summed E-state index contributed by atoms with van der Waals surface area (Å²) in [6.45, 7) is 0. The molecule has 0 spiro atoms. The van der Waals surface area contributed by atoms with Crippen molar-refractivity contribution in [2.45, 2.75) is 6.04 Å². The number of aromatic hydroxyl groups is 1. The number of ketones is 1. The van der Waals surface area contributed by atoms with Crippen LogP contribution >= 0.6 is 34.8 Å². The van der Waals surface area contributed by atoms with E-state index in [4.69, 9.17) is 44.3 Å². The number of halogens is 3. The summed E-state index contributed by atoms with van der Waals surface area (Å²) in [7, 11) is 2.69. The van der Waals surface area contributed by atoms with Crippen LogP contribution < -0.4 is 14.4 Å². The van der Waals surface area contributed by atoms with Gasteiger partial charge in [0.15, 0.2) is 11.5 Å². The van der Waals surface area contributed by atoms with Gasteiger partial charge in [0.25, 0.3) is 11.7 Å². The van der Waals surface area contributed by atoms with Gasteiger partial charge in [-0.1, -0.05) is 53.0 Å². The lowest BCUT2D eigenvalue weighted by molar-refractivity contribution is -0.132. The van der Waals surface area contributed by atoms with Gasteiger partial charge in [0, 0.05) is 10.7 Å². The van der Waals surface area contributed by atoms with Gasteiger partial charge >= 0.3 is 0 Å². The fourth-order valence-electron chi connectivity index (χ4n) is 4.03. The number of rotatable bonds is 5. The van der Waals surface area contributed by atoms with E-state index >= 15 is 0 Å². The number of ether oxygens (including phenoxy) is 2. The average molecular weight is 535 g/mol. The van der Waals surface area contributed by atoms with E-state index in [-0.39, 0.29) is 38.4 Å². The molecule has 1 amide bonds. The summed E-state index contributed by atoms with van der Waals surface area (Å²) in [5.41, 5.74) is 0.425. The molecule has 1 aliphatic heterocycles. The van der Waals surface area contributed by atoms with Crippen molar-refractivity contribution in [1.29, 1.82) is 0 Å². The molecule has 1 atom stereocenters. The van der Waals surface area contributed by atoms with Crippen molar-refractivity contribution in [2.75, 3.05) is 19.1 Å². The first-order chi connectivity index (χ1) is 16.7. The summed E-state index contributed by atoms with van der Waals surface area (Å²) in [6.07, 6.45) is 0. The fourth-order valence-corrected chi connectivity index (χ4v) is 4.90. The Labute approximate surface area is 215 Å². The zero-order valence-electron chi connectivity index (χ0n) is 18.4. The molecule has 0 bridgehead atoms. The first kappa shape index (κ1) is 24.7. The van der Waals surface area contributed by atoms with Crippen molar-refractivity contribution in [3.8, 4) is 17.2 Å². The highest BCUT2D eigenvalue weighted by Gasteiger charge is 2.47. The van der Waals surface area contributed by atoms with Crippen LogP contribution in [0.2, 0.25) is 15.1 Å². The first-order valence-corrected chi connectivity index (χ1v) is 11.3. The van der Waals surface area contributed by atoms with Gasteiger partial charge < -0.3 is 19.7 Å². The molecule has 1 fully saturated rings. The number of carbonyl (C=O) groups is 2. The van der Waals surface area contributed by atoms with E-state index in [1.165, 1.54) is 43.4 Å². The van der Waals surface area contributed by atoms with Crippen molar-refractivity contribution in [1.82, 2.24) is 0 Å². The van der Waals surface area contributed by atoms with Crippen molar-refractivity contribution >= 4 is 57.9 Å². The molecular weight excluding hydrogens is 517 g/mol. The number of phenols is 1. The average Bonchev–Trinajstić information content (AvgIpc) is 3.09. The molecule has 1 unspecified atom stereocenters. The number of hydrogen-bond donors (Lipinski definition) is 2. The van der Waals surface area contributed by atoms with E-state index in [0.29, 0.717) is 16.3 Å². The predicted molar refractivity (Wildman–Crippen MR) is 134 cm³/mol. The number of anilines is 1. The fraction of sp³-hybridized carbons (Fsp3) is 0.120. The third kappa shape index (κ3) is 4.27. The second-order valence-electron chi connectivity index (χ2n) is 7.53. The van der Waals surface area contributed by atoms with E-state index in [2.05, 4.69) is 0 Å². The van der Waals surface area contributed by atoms with E-state index in [0.717, 1.165) is 0 Å². The van der Waals surface area contributed by atoms with Crippen LogP contribution in [0.25, 0.3) is 5.76 Å². The third-order valence-corrected chi connectivity index (χ3v) is 6.37. The molecule has 10 heteroatoms. The number of Topliss-reactive ketones (excluding diaryl/α,β-unsaturated/α-hetero) is 1. The van der Waals surface area contributed by atoms with Crippen molar-refractivity contribution in [2.24, 2.45) is 0 Å². The second kappa shape index (κ2) is 9.70. The van der Waals surface area contributed by atoms with Crippen LogP contribution in [0.3, 0.4) is 0 Å². The highest BCUT2D eigenvalue weighted by Crippen LogP contribution is 2.48. The summed E-state index contributed by atoms with van der Waals surface area (Å²) in [5.74, 6) is -2.40. The van der Waals surface area contributed by atoms with Gasteiger partial charge in [-0.15, -0.1) is 0 Å². The number of aliphatic hydroxyl groups is 1. The Morgan fingerprint density at radius 2 is 1.63 bits per heavy atom. The van der Waals surface area contributed by atoms with Crippen LogP contribution in [0, 0.1) is 0 Å². The molecule has 1 heterocycles. The van der Waals surface area contributed by atoms with Gasteiger partial charge in [0.2, 0.25) is 0 Å². The number of nitrogens with zero attached hydrogens (tertiary/aromatic N) is 1. The maximum Gasteiger partial charge on any atom is 0.300 e. The van der Waals surface area contributed by atoms with E-state index < -0.39 is 23.5 Å². The summed E-state index contributed by atoms with van der Waals surface area (Å²) in [6, 6.07) is 12.6. The number of carbonyl (C=O) groups excluding carboxylic acids is 2. The minimum Gasteiger partial charge on any atom is -0.508 e. The number of methoxy groups -OCH3 is 2. The Balaban J connectivity index is 2.03. The van der Waals surface area contributed by atoms with Crippen LogP contribution in [0.15, 0.2) is 60.2 Å². The van der Waals surface area contributed by atoms with Gasteiger partial charge in [-0.2, -0.15) is 0 Å². The Kier molecular flexibility index (Phi) is 6.85. The molecule has 7 nitrogen and oxygen atoms in total. The number of amides is 1. The molecule has 35 heavy (non-hydrogen) atoms. The topological polar surface area (TPSA) is 96.3 Å². The Morgan fingerprint density at radius 1 is 0.943 bits per heavy atom. The maximum absolute atomic E-state index is 13.3. The Hall–Kier alpha value is -3.39. The lowest BCUT2D eigenvalue weighted by Gasteiger charge is -2.26. The van der Waals surface area contributed by atoms with Gasteiger partial charge in [-0.05, 0) is 42.0 Å². The molecule has 1 saturated heterocycles. The largest absolute Gasteiger partial charge is 0.508 e. The molecule has 0 radical (unpaired) electrons. The molecule has 4 rings (SSSR count).